The van der Waals surface area contributed by atoms with Gasteiger partial charge in [-0.2, -0.15) is 0 Å². The molecular weight excluding hydrogens is 166 g/mol. The molecule has 2 atom stereocenters. The predicted octanol–water partition coefficient (Wildman–Crippen LogP) is 0.644. The van der Waals surface area contributed by atoms with Gasteiger partial charge in [0.05, 0.1) is 19.1 Å². The number of carbonyl (C=O) groups is 1. The zero-order chi connectivity index (χ0) is 8.84. The molecular formula is C10H15NO2. The molecule has 1 amide bonds. The fourth-order valence-electron chi connectivity index (χ4n) is 2.50. The van der Waals surface area contributed by atoms with Crippen molar-refractivity contribution in [3.05, 3.63) is 0 Å². The lowest BCUT2D eigenvalue weighted by Gasteiger charge is -2.33. The second-order valence-electron chi connectivity index (χ2n) is 4.47. The quantitative estimate of drug-likeness (QED) is 0.594. The molecule has 1 aliphatic carbocycles. The van der Waals surface area contributed by atoms with Crippen LogP contribution in [0.25, 0.3) is 0 Å². The van der Waals surface area contributed by atoms with Crippen molar-refractivity contribution in [3.63, 3.8) is 0 Å². The van der Waals surface area contributed by atoms with Crippen molar-refractivity contribution in [1.29, 1.82) is 0 Å². The molecule has 1 saturated carbocycles. The molecule has 0 unspecified atom stereocenters. The van der Waals surface area contributed by atoms with Gasteiger partial charge in [0.2, 0.25) is 5.91 Å². The highest BCUT2D eigenvalue weighted by Crippen LogP contribution is 2.43. The lowest BCUT2D eigenvalue weighted by Crippen LogP contribution is -2.47. The van der Waals surface area contributed by atoms with E-state index in [0.717, 1.165) is 12.5 Å². The third-order valence-corrected chi connectivity index (χ3v) is 3.53. The van der Waals surface area contributed by atoms with Crippen molar-refractivity contribution >= 4 is 5.91 Å². The Morgan fingerprint density at radius 3 is 2.92 bits per heavy atom. The van der Waals surface area contributed by atoms with Crippen LogP contribution >= 0.6 is 0 Å². The smallest absolute Gasteiger partial charge is 0.230 e. The van der Waals surface area contributed by atoms with E-state index in [4.69, 9.17) is 4.74 Å². The minimum absolute atomic E-state index is 0.194. The normalized spacial score (nSPS) is 38.0. The van der Waals surface area contributed by atoms with Crippen LogP contribution in [-0.4, -0.2) is 36.6 Å². The van der Waals surface area contributed by atoms with E-state index in [2.05, 4.69) is 4.90 Å². The molecule has 0 aromatic rings. The van der Waals surface area contributed by atoms with Gasteiger partial charge in [-0.3, -0.25) is 4.79 Å². The van der Waals surface area contributed by atoms with Crippen molar-refractivity contribution in [1.82, 2.24) is 4.90 Å². The molecule has 0 aromatic carbocycles. The van der Waals surface area contributed by atoms with E-state index in [0.29, 0.717) is 25.2 Å². The second-order valence-corrected chi connectivity index (χ2v) is 4.47. The molecule has 2 heterocycles. The van der Waals surface area contributed by atoms with Gasteiger partial charge in [-0.05, 0) is 25.2 Å². The molecule has 2 aliphatic heterocycles. The summed E-state index contributed by atoms with van der Waals surface area (Å²) in [6, 6.07) is 0.613. The summed E-state index contributed by atoms with van der Waals surface area (Å²) < 4.78 is 5.05. The topological polar surface area (TPSA) is 29.5 Å². The molecule has 0 spiro atoms. The van der Waals surface area contributed by atoms with Crippen LogP contribution in [0.5, 0.6) is 0 Å². The van der Waals surface area contributed by atoms with E-state index < -0.39 is 0 Å². The number of amides is 1. The van der Waals surface area contributed by atoms with Gasteiger partial charge in [-0.25, -0.2) is 0 Å². The Morgan fingerprint density at radius 1 is 1.38 bits per heavy atom. The molecule has 13 heavy (non-hydrogen) atoms. The van der Waals surface area contributed by atoms with Gasteiger partial charge in [0.1, 0.15) is 0 Å². The SMILES string of the molecule is O=C(C1COC1)N1CCC[C@@H]2C[C@@H]21. The van der Waals surface area contributed by atoms with Crippen LogP contribution in [0.2, 0.25) is 0 Å². The first-order valence-electron chi connectivity index (χ1n) is 5.24. The Balaban J connectivity index is 1.66. The van der Waals surface area contributed by atoms with Gasteiger partial charge >= 0.3 is 0 Å². The molecule has 3 heteroatoms. The van der Waals surface area contributed by atoms with Gasteiger partial charge in [0, 0.05) is 12.6 Å². The van der Waals surface area contributed by atoms with Crippen LogP contribution in [0.3, 0.4) is 0 Å². The van der Waals surface area contributed by atoms with Crippen LogP contribution in [0.4, 0.5) is 0 Å². The highest BCUT2D eigenvalue weighted by Gasteiger charge is 2.47. The summed E-state index contributed by atoms with van der Waals surface area (Å²) in [5, 5.41) is 0. The van der Waals surface area contributed by atoms with Crippen molar-refractivity contribution < 1.29 is 9.53 Å². The van der Waals surface area contributed by atoms with Crippen LogP contribution in [0.1, 0.15) is 19.3 Å². The number of likely N-dealkylation sites (tertiary alicyclic amines) is 1. The van der Waals surface area contributed by atoms with Crippen LogP contribution in [0, 0.1) is 11.8 Å². The predicted molar refractivity (Wildman–Crippen MR) is 47.2 cm³/mol. The molecule has 0 bridgehead atoms. The Hall–Kier alpha value is -0.570. The van der Waals surface area contributed by atoms with E-state index >= 15 is 0 Å². The number of fused-ring (bicyclic) bond motifs is 1. The Labute approximate surface area is 78.0 Å². The molecule has 2 saturated heterocycles. The van der Waals surface area contributed by atoms with Crippen molar-refractivity contribution in [2.75, 3.05) is 19.8 Å². The highest BCUT2D eigenvalue weighted by molar-refractivity contribution is 5.80. The first-order valence-corrected chi connectivity index (χ1v) is 5.24. The largest absolute Gasteiger partial charge is 0.380 e. The Kier molecular flexibility index (Phi) is 1.62. The van der Waals surface area contributed by atoms with Crippen LogP contribution in [-0.2, 0) is 9.53 Å². The maximum absolute atomic E-state index is 11.9. The zero-order valence-corrected chi connectivity index (χ0v) is 7.74. The summed E-state index contributed by atoms with van der Waals surface area (Å²) in [6.45, 7) is 2.32. The van der Waals surface area contributed by atoms with Gasteiger partial charge < -0.3 is 9.64 Å². The summed E-state index contributed by atoms with van der Waals surface area (Å²) in [7, 11) is 0. The van der Waals surface area contributed by atoms with Crippen LogP contribution < -0.4 is 0 Å². The molecule has 3 fully saturated rings. The lowest BCUT2D eigenvalue weighted by atomic mass is 10.0. The number of hydrogen-bond donors (Lipinski definition) is 0. The molecule has 72 valence electrons. The average Bonchev–Trinajstić information content (AvgIpc) is 2.77. The van der Waals surface area contributed by atoms with E-state index in [1.165, 1.54) is 19.3 Å². The number of nitrogens with zero attached hydrogens (tertiary/aromatic N) is 1. The maximum Gasteiger partial charge on any atom is 0.230 e. The lowest BCUT2D eigenvalue weighted by molar-refractivity contribution is -0.151. The van der Waals surface area contributed by atoms with Crippen molar-refractivity contribution in [2.45, 2.75) is 25.3 Å². The summed E-state index contributed by atoms with van der Waals surface area (Å²) in [5.41, 5.74) is 0. The molecule has 3 rings (SSSR count). The van der Waals surface area contributed by atoms with Gasteiger partial charge in [-0.1, -0.05) is 0 Å². The van der Waals surface area contributed by atoms with Crippen molar-refractivity contribution in [2.24, 2.45) is 11.8 Å². The monoisotopic (exact) mass is 181 g/mol. The first kappa shape index (κ1) is 7.80. The van der Waals surface area contributed by atoms with Crippen LogP contribution in [0.15, 0.2) is 0 Å². The summed E-state index contributed by atoms with van der Waals surface area (Å²) in [5.74, 6) is 1.40. The number of ether oxygens (including phenoxy) is 1. The second kappa shape index (κ2) is 2.71. The van der Waals surface area contributed by atoms with Gasteiger partial charge in [0.15, 0.2) is 0 Å². The molecule has 0 radical (unpaired) electrons. The van der Waals surface area contributed by atoms with Gasteiger partial charge in [-0.15, -0.1) is 0 Å². The van der Waals surface area contributed by atoms with Crippen molar-refractivity contribution in [3.8, 4) is 0 Å². The third kappa shape index (κ3) is 1.17. The van der Waals surface area contributed by atoms with E-state index in [1.807, 2.05) is 0 Å². The zero-order valence-electron chi connectivity index (χ0n) is 7.74. The summed E-state index contributed by atoms with van der Waals surface area (Å²) in [6.07, 6.45) is 3.81. The summed E-state index contributed by atoms with van der Waals surface area (Å²) >= 11 is 0. The molecule has 3 aliphatic rings. The Bertz CT molecular complexity index is 237. The number of carbonyl (C=O) groups excluding carboxylic acids is 1. The fourth-order valence-corrected chi connectivity index (χ4v) is 2.50. The number of rotatable bonds is 1. The third-order valence-electron chi connectivity index (χ3n) is 3.53. The minimum atomic E-state index is 0.194. The Morgan fingerprint density at radius 2 is 2.23 bits per heavy atom. The highest BCUT2D eigenvalue weighted by atomic mass is 16.5. The van der Waals surface area contributed by atoms with E-state index in [9.17, 15) is 4.79 Å². The number of hydrogen-bond acceptors (Lipinski definition) is 2. The number of piperidine rings is 1. The standard InChI is InChI=1S/C10H15NO2/c12-10(8-5-13-6-8)11-3-1-2-7-4-9(7)11/h7-9H,1-6H2/t7-,9+/m1/s1. The van der Waals surface area contributed by atoms with Gasteiger partial charge in [0.25, 0.3) is 0 Å². The first-order chi connectivity index (χ1) is 6.36. The molecule has 0 aromatic heterocycles. The average molecular weight is 181 g/mol. The summed E-state index contributed by atoms with van der Waals surface area (Å²) in [4.78, 5) is 14.0. The van der Waals surface area contributed by atoms with E-state index in [-0.39, 0.29) is 5.92 Å². The fraction of sp³-hybridized carbons (Fsp3) is 0.900. The maximum atomic E-state index is 11.9. The minimum Gasteiger partial charge on any atom is -0.380 e. The molecule has 3 nitrogen and oxygen atoms in total. The van der Waals surface area contributed by atoms with E-state index in [1.54, 1.807) is 0 Å². The molecule has 0 N–H and O–H groups in total.